The molecule has 3 rings (SSSR count). The summed E-state index contributed by atoms with van der Waals surface area (Å²) in [5.41, 5.74) is 6.40. The van der Waals surface area contributed by atoms with Gasteiger partial charge in [-0.2, -0.15) is 4.99 Å². The first-order chi connectivity index (χ1) is 39.2. The fraction of sp³-hybridized carbons (Fsp3) is 0.603. The number of allylic oxidation sites excluding steroid dienone is 6. The van der Waals surface area contributed by atoms with Crippen molar-refractivity contribution in [3.8, 4) is 0 Å². The molecule has 20 heteroatoms. The molecular weight excluding hydrogens is 1090 g/mol. The highest BCUT2D eigenvalue weighted by Crippen LogP contribution is 2.33. The zero-order valence-electron chi connectivity index (χ0n) is 53.3. The number of isocyanates is 1. The first-order valence-electron chi connectivity index (χ1n) is 29.2. The normalized spacial score (nSPS) is 13.3. The Morgan fingerprint density at radius 3 is 1.48 bits per heavy atom. The Balaban J connectivity index is 0.00000159. The standard InChI is InChI=1S/C38H59N3O7Si.C13H17NO.C10H25NO4Si.C2H6O/c1-12-46-49(47-13-2,48-14-3)26-23-41(21-24-44-35(42)39-37(8,9)33-19-15-17-31(27-33)29(4)5)22-25-45-36(43)40-38(10,11)34-20-16-18-32(28-34)30(6)7;1-10(2)11-6-5-7-12(8-11)13(3,4)14-9-15;1-3-14-16(15-4-2)10-7-11(5-8-12)6-9-13;1-2-3/h15-20,27-28H,4,6,12-14,21-26H2,1-3,5,7-11H3,(H,39,42)(H,40,43);5-7,12H,1,8H2,2-4H3;12-13,16H,3-10H2,1-2H3;3H,2H2,1H3. The summed E-state index contributed by atoms with van der Waals surface area (Å²) in [6.45, 7) is 47.7. The third-order valence-corrected chi connectivity index (χ3v) is 18.3. The van der Waals surface area contributed by atoms with Crippen LogP contribution in [0.5, 0.6) is 0 Å². The molecule has 0 bridgehead atoms. The van der Waals surface area contributed by atoms with E-state index in [2.05, 4.69) is 52.4 Å². The van der Waals surface area contributed by atoms with E-state index in [1.165, 1.54) is 5.57 Å². The monoisotopic (exact) mass is 1200 g/mol. The number of aliphatic imine (C=N–C) groups is 1. The van der Waals surface area contributed by atoms with Crippen molar-refractivity contribution in [1.82, 2.24) is 20.4 Å². The van der Waals surface area contributed by atoms with Gasteiger partial charge in [-0.15, -0.1) is 0 Å². The summed E-state index contributed by atoms with van der Waals surface area (Å²) in [6.07, 6.45) is 7.66. The number of hydrogen-bond donors (Lipinski definition) is 5. The largest absolute Gasteiger partial charge is 0.502 e. The molecule has 5 N–H and O–H groups in total. The molecule has 1 unspecified atom stereocenters. The first kappa shape index (κ1) is 78.1. The third kappa shape index (κ3) is 32.3. The molecule has 0 fully saturated rings. The molecule has 2 aromatic rings. The second kappa shape index (κ2) is 42.8. The van der Waals surface area contributed by atoms with Crippen LogP contribution < -0.4 is 10.6 Å². The number of rotatable bonds is 35. The Bertz CT molecular complexity index is 2190. The minimum absolute atomic E-state index is 0.121. The SMILES string of the molecule is C=C(C)C1=CC=CC(C(C)(C)N=C=O)C1.C=C(C)c1cccc(C(C)(C)NC(=O)OCCN(CCOC(=O)NC(C)(C)c2cccc(C(=C)C)c2)CC[Si](OCC)(OCC)OCC)c1.CCO.CCO[SiH](CCN(CCO)CCO)OCC. The maximum atomic E-state index is 12.9. The van der Waals surface area contributed by atoms with Crippen molar-refractivity contribution in [1.29, 1.82) is 0 Å². The molecular formula is C63H107N5O13Si2. The van der Waals surface area contributed by atoms with Crippen molar-refractivity contribution >= 4 is 47.5 Å². The molecule has 0 radical (unpaired) electrons. The topological polar surface area (TPSA) is 219 Å². The number of amides is 2. The van der Waals surface area contributed by atoms with Gasteiger partial charge in [-0.3, -0.25) is 9.80 Å². The third-order valence-electron chi connectivity index (χ3n) is 13.2. The van der Waals surface area contributed by atoms with Gasteiger partial charge < -0.3 is 57.6 Å². The van der Waals surface area contributed by atoms with E-state index < -0.39 is 41.4 Å². The Labute approximate surface area is 502 Å². The van der Waals surface area contributed by atoms with Crippen molar-refractivity contribution in [2.24, 2.45) is 10.9 Å². The lowest BCUT2D eigenvalue weighted by Crippen LogP contribution is -2.49. The predicted molar refractivity (Wildman–Crippen MR) is 340 cm³/mol. The highest BCUT2D eigenvalue weighted by molar-refractivity contribution is 6.60. The number of carbonyl (C=O) groups is 2. The van der Waals surface area contributed by atoms with Crippen LogP contribution in [0.25, 0.3) is 11.1 Å². The van der Waals surface area contributed by atoms with Gasteiger partial charge in [-0.1, -0.05) is 91.1 Å². The lowest BCUT2D eigenvalue weighted by molar-refractivity contribution is 0.0636. The summed E-state index contributed by atoms with van der Waals surface area (Å²) in [5, 5.41) is 31.2. The second-order valence-corrected chi connectivity index (χ2v) is 26.2. The minimum atomic E-state index is -2.94. The van der Waals surface area contributed by atoms with Gasteiger partial charge in [0.15, 0.2) is 0 Å². The summed E-state index contributed by atoms with van der Waals surface area (Å²) in [7, 11) is -4.48. The van der Waals surface area contributed by atoms with Crippen LogP contribution in [0.15, 0.2) is 103 Å². The van der Waals surface area contributed by atoms with Crippen molar-refractivity contribution in [3.05, 3.63) is 120 Å². The lowest BCUT2D eigenvalue weighted by atomic mass is 9.79. The molecule has 83 heavy (non-hydrogen) atoms. The van der Waals surface area contributed by atoms with Crippen molar-refractivity contribution in [3.63, 3.8) is 0 Å². The summed E-state index contributed by atoms with van der Waals surface area (Å²) in [5.74, 6) is 0.246. The number of carbonyl (C=O) groups excluding carboxylic acids is 3. The average Bonchev–Trinajstić information content (AvgIpc) is 3.48. The molecule has 2 amide bonds. The Morgan fingerprint density at radius 1 is 0.675 bits per heavy atom. The van der Waals surface area contributed by atoms with E-state index in [1.807, 2.05) is 156 Å². The molecule has 0 saturated heterocycles. The van der Waals surface area contributed by atoms with Gasteiger partial charge in [-0.25, -0.2) is 14.4 Å². The minimum Gasteiger partial charge on any atom is -0.448 e. The van der Waals surface area contributed by atoms with E-state index in [4.69, 9.17) is 46.9 Å². The number of alkyl carbamates (subject to hydrolysis) is 2. The van der Waals surface area contributed by atoms with Gasteiger partial charge in [-0.05, 0) is 150 Å². The molecule has 0 heterocycles. The van der Waals surface area contributed by atoms with Crippen LogP contribution in [0, 0.1) is 5.92 Å². The number of hydrogen-bond acceptors (Lipinski definition) is 16. The van der Waals surface area contributed by atoms with Crippen molar-refractivity contribution in [2.45, 2.75) is 139 Å². The first-order valence-corrected chi connectivity index (χ1v) is 32.9. The molecule has 0 spiro atoms. The summed E-state index contributed by atoms with van der Waals surface area (Å²) >= 11 is 0. The van der Waals surface area contributed by atoms with Crippen LogP contribution in [-0.4, -0.2) is 172 Å². The number of nitrogens with zero attached hydrogens (tertiary/aromatic N) is 3. The smallest absolute Gasteiger partial charge is 0.448 e. The molecule has 0 saturated carbocycles. The molecule has 1 aliphatic rings. The van der Waals surface area contributed by atoms with E-state index >= 15 is 0 Å². The average molecular weight is 1200 g/mol. The van der Waals surface area contributed by atoms with E-state index in [1.54, 1.807) is 13.0 Å². The predicted octanol–water partition coefficient (Wildman–Crippen LogP) is 10.5. The Kier molecular flexibility index (Phi) is 40.3. The molecule has 18 nitrogen and oxygen atoms in total. The molecule has 0 aliphatic heterocycles. The van der Waals surface area contributed by atoms with Crippen LogP contribution in [0.1, 0.15) is 133 Å². The number of ether oxygens (including phenoxy) is 2. The molecule has 0 aromatic heterocycles. The Hall–Kier alpha value is -4.91. The van der Waals surface area contributed by atoms with Gasteiger partial charge in [0.25, 0.3) is 0 Å². The number of benzene rings is 2. The fourth-order valence-electron chi connectivity index (χ4n) is 8.41. The molecule has 1 atom stereocenters. The summed E-state index contributed by atoms with van der Waals surface area (Å²) in [4.78, 5) is 44.1. The van der Waals surface area contributed by atoms with Crippen LogP contribution in [0.3, 0.4) is 0 Å². The van der Waals surface area contributed by atoms with E-state index in [-0.39, 0.29) is 44.5 Å². The summed E-state index contributed by atoms with van der Waals surface area (Å²) in [6, 6.07) is 17.3. The van der Waals surface area contributed by atoms with E-state index in [0.717, 1.165) is 58.0 Å². The number of aliphatic hydroxyl groups is 3. The zero-order valence-corrected chi connectivity index (χ0v) is 55.5. The van der Waals surface area contributed by atoms with Gasteiger partial charge in [0.2, 0.25) is 6.08 Å². The molecule has 470 valence electrons. The van der Waals surface area contributed by atoms with Gasteiger partial charge in [0.05, 0.1) is 29.8 Å². The van der Waals surface area contributed by atoms with Crippen LogP contribution >= 0.6 is 0 Å². The molecule has 1 aliphatic carbocycles. The quantitative estimate of drug-likeness (QED) is 0.0246. The number of aliphatic hydroxyl groups excluding tert-OH is 3. The van der Waals surface area contributed by atoms with Crippen LogP contribution in [-0.2, 0) is 47.5 Å². The Morgan fingerprint density at radius 2 is 1.11 bits per heavy atom. The zero-order chi connectivity index (χ0) is 63.1. The fourth-order valence-corrected chi connectivity index (χ4v) is 12.8. The van der Waals surface area contributed by atoms with E-state index in [0.29, 0.717) is 71.8 Å². The highest BCUT2D eigenvalue weighted by atomic mass is 28.4. The van der Waals surface area contributed by atoms with Crippen LogP contribution in [0.4, 0.5) is 9.59 Å². The van der Waals surface area contributed by atoms with Crippen LogP contribution in [0.2, 0.25) is 12.1 Å². The highest BCUT2D eigenvalue weighted by Gasteiger charge is 2.40. The number of nitrogens with one attached hydrogen (secondary N) is 2. The maximum Gasteiger partial charge on any atom is 0.502 e. The van der Waals surface area contributed by atoms with Gasteiger partial charge in [0, 0.05) is 96.9 Å². The molecule has 2 aromatic carbocycles. The van der Waals surface area contributed by atoms with Crippen molar-refractivity contribution in [2.75, 3.05) is 105 Å². The second-order valence-electron chi connectivity index (χ2n) is 21.3. The van der Waals surface area contributed by atoms with Gasteiger partial charge >= 0.3 is 30.3 Å². The van der Waals surface area contributed by atoms with Crippen molar-refractivity contribution < 1.29 is 61.3 Å². The maximum absolute atomic E-state index is 12.9. The van der Waals surface area contributed by atoms with E-state index in [9.17, 15) is 14.4 Å². The summed E-state index contributed by atoms with van der Waals surface area (Å²) < 4.78 is 40.5. The lowest BCUT2D eigenvalue weighted by Gasteiger charge is -2.31. The van der Waals surface area contributed by atoms with Gasteiger partial charge in [0.1, 0.15) is 13.2 Å².